The van der Waals surface area contributed by atoms with Crippen LogP contribution in [0.1, 0.15) is 31.7 Å². The molecular weight excluding hydrogens is 397 g/mol. The molecule has 0 bridgehead atoms. The molecule has 2 saturated heterocycles. The molecule has 3 atom stereocenters. The fourth-order valence-electron chi connectivity index (χ4n) is 4.55. The number of hydrogen-bond acceptors (Lipinski definition) is 5. The molecule has 168 valence electrons. The molecule has 0 aliphatic carbocycles. The van der Waals surface area contributed by atoms with E-state index in [0.717, 1.165) is 52.0 Å². The van der Waals surface area contributed by atoms with Crippen LogP contribution in [0.2, 0.25) is 0 Å². The second kappa shape index (κ2) is 9.20. The number of hydrogen-bond donors (Lipinski definition) is 1. The van der Waals surface area contributed by atoms with Crippen LogP contribution in [0.25, 0.3) is 0 Å². The maximum absolute atomic E-state index is 13.1. The number of ether oxygens (including phenoxy) is 1. The van der Waals surface area contributed by atoms with Crippen molar-refractivity contribution in [2.75, 3.05) is 52.5 Å². The van der Waals surface area contributed by atoms with Crippen molar-refractivity contribution in [1.82, 2.24) is 14.8 Å². The lowest BCUT2D eigenvalue weighted by Gasteiger charge is -2.29. The summed E-state index contributed by atoms with van der Waals surface area (Å²) in [6, 6.07) is 3.64. The molecule has 9 heteroatoms. The summed E-state index contributed by atoms with van der Waals surface area (Å²) in [6.45, 7) is 10.5. The zero-order valence-corrected chi connectivity index (χ0v) is 17.6. The molecule has 0 radical (unpaired) electrons. The summed E-state index contributed by atoms with van der Waals surface area (Å²) in [7, 11) is 0. The molecule has 1 aromatic rings. The standard InChI is InChI=1S/C21H31F3N4O2/c1-3-30-10-9-28-13-15-11-27(12-16(15)14-28)8-7-20(2,19(25)29)17-5-4-6-18(26-17)21(22,23)24/h4-6,15-16H,3,7-14H2,1-2H3,(H2,25,29). The Kier molecular flexibility index (Phi) is 7.04. The molecular formula is C21H31F3N4O2. The smallest absolute Gasteiger partial charge is 0.380 e. The Bertz CT molecular complexity index is 731. The van der Waals surface area contributed by atoms with E-state index in [1.165, 1.54) is 12.1 Å². The number of amides is 1. The number of alkyl halides is 3. The minimum atomic E-state index is -4.56. The average Bonchev–Trinajstić information content (AvgIpc) is 3.24. The Labute approximate surface area is 175 Å². The second-order valence-corrected chi connectivity index (χ2v) is 8.59. The van der Waals surface area contributed by atoms with Gasteiger partial charge in [-0.15, -0.1) is 0 Å². The molecule has 0 saturated carbocycles. The number of nitrogens with zero attached hydrogens (tertiary/aromatic N) is 3. The van der Waals surface area contributed by atoms with Crippen molar-refractivity contribution < 1.29 is 22.7 Å². The van der Waals surface area contributed by atoms with Crippen molar-refractivity contribution in [3.8, 4) is 0 Å². The van der Waals surface area contributed by atoms with Gasteiger partial charge in [-0.2, -0.15) is 13.2 Å². The minimum absolute atomic E-state index is 0.0753. The van der Waals surface area contributed by atoms with E-state index in [2.05, 4.69) is 14.8 Å². The summed E-state index contributed by atoms with van der Waals surface area (Å²) in [4.78, 5) is 20.7. The van der Waals surface area contributed by atoms with Gasteiger partial charge in [0.2, 0.25) is 5.91 Å². The SMILES string of the molecule is CCOCCN1CC2CN(CCC(C)(C(N)=O)c3cccc(C(F)(F)F)n3)CC2C1. The highest BCUT2D eigenvalue weighted by molar-refractivity contribution is 5.85. The molecule has 2 N–H and O–H groups in total. The summed E-state index contributed by atoms with van der Waals surface area (Å²) < 4.78 is 44.6. The summed E-state index contributed by atoms with van der Waals surface area (Å²) in [5, 5.41) is 0. The van der Waals surface area contributed by atoms with Crippen LogP contribution < -0.4 is 5.73 Å². The molecule has 2 fully saturated rings. The largest absolute Gasteiger partial charge is 0.433 e. The van der Waals surface area contributed by atoms with Gasteiger partial charge in [0, 0.05) is 39.3 Å². The number of fused-ring (bicyclic) bond motifs is 1. The number of pyridine rings is 1. The van der Waals surface area contributed by atoms with Gasteiger partial charge in [0.15, 0.2) is 0 Å². The van der Waals surface area contributed by atoms with Gasteiger partial charge in [0.1, 0.15) is 5.69 Å². The van der Waals surface area contributed by atoms with Crippen molar-refractivity contribution in [1.29, 1.82) is 0 Å². The third-order valence-electron chi connectivity index (χ3n) is 6.47. The van der Waals surface area contributed by atoms with Gasteiger partial charge in [0.25, 0.3) is 0 Å². The first-order valence-corrected chi connectivity index (χ1v) is 10.5. The predicted octanol–water partition coefficient (Wildman–Crippen LogP) is 2.13. The van der Waals surface area contributed by atoms with Crippen LogP contribution in [-0.2, 0) is 21.1 Å². The van der Waals surface area contributed by atoms with Gasteiger partial charge in [-0.25, -0.2) is 4.98 Å². The van der Waals surface area contributed by atoms with Gasteiger partial charge in [0.05, 0.1) is 17.7 Å². The second-order valence-electron chi connectivity index (χ2n) is 8.59. The number of carbonyl (C=O) groups is 1. The molecule has 1 amide bonds. The lowest BCUT2D eigenvalue weighted by atomic mass is 9.81. The van der Waals surface area contributed by atoms with Crippen LogP contribution >= 0.6 is 0 Å². The Hall–Kier alpha value is -1.71. The lowest BCUT2D eigenvalue weighted by Crippen LogP contribution is -2.42. The maximum atomic E-state index is 13.1. The highest BCUT2D eigenvalue weighted by atomic mass is 19.4. The van der Waals surface area contributed by atoms with E-state index in [0.29, 0.717) is 24.8 Å². The van der Waals surface area contributed by atoms with Crippen molar-refractivity contribution >= 4 is 5.91 Å². The molecule has 30 heavy (non-hydrogen) atoms. The lowest BCUT2D eigenvalue weighted by molar-refractivity contribution is -0.141. The van der Waals surface area contributed by atoms with Crippen LogP contribution in [0.3, 0.4) is 0 Å². The number of aromatic nitrogens is 1. The fourth-order valence-corrected chi connectivity index (χ4v) is 4.55. The first-order valence-electron chi connectivity index (χ1n) is 10.5. The van der Waals surface area contributed by atoms with E-state index in [4.69, 9.17) is 10.5 Å². The predicted molar refractivity (Wildman–Crippen MR) is 107 cm³/mol. The Balaban J connectivity index is 1.59. The average molecular weight is 428 g/mol. The number of halogens is 3. The molecule has 6 nitrogen and oxygen atoms in total. The van der Waals surface area contributed by atoms with Crippen molar-refractivity contribution in [2.45, 2.75) is 31.9 Å². The Morgan fingerprint density at radius 2 is 1.70 bits per heavy atom. The van der Waals surface area contributed by atoms with Gasteiger partial charge in [-0.05, 0) is 50.8 Å². The van der Waals surface area contributed by atoms with Crippen LogP contribution in [0.5, 0.6) is 0 Å². The van der Waals surface area contributed by atoms with E-state index < -0.39 is 23.2 Å². The minimum Gasteiger partial charge on any atom is -0.380 e. The quantitative estimate of drug-likeness (QED) is 0.610. The van der Waals surface area contributed by atoms with E-state index in [9.17, 15) is 18.0 Å². The molecule has 0 spiro atoms. The normalized spacial score (nSPS) is 24.7. The van der Waals surface area contributed by atoms with Crippen molar-refractivity contribution in [3.63, 3.8) is 0 Å². The van der Waals surface area contributed by atoms with Gasteiger partial charge >= 0.3 is 6.18 Å². The van der Waals surface area contributed by atoms with E-state index in [-0.39, 0.29) is 5.69 Å². The highest BCUT2D eigenvalue weighted by Crippen LogP contribution is 2.34. The van der Waals surface area contributed by atoms with Crippen LogP contribution in [0, 0.1) is 11.8 Å². The van der Waals surface area contributed by atoms with Gasteiger partial charge in [-0.1, -0.05) is 6.07 Å². The molecule has 2 aliphatic heterocycles. The van der Waals surface area contributed by atoms with E-state index in [1.54, 1.807) is 6.92 Å². The number of carbonyl (C=O) groups excluding carboxylic acids is 1. The third kappa shape index (κ3) is 5.12. The highest BCUT2D eigenvalue weighted by Gasteiger charge is 2.42. The number of likely N-dealkylation sites (tertiary alicyclic amines) is 2. The number of rotatable bonds is 9. The van der Waals surface area contributed by atoms with Crippen molar-refractivity contribution in [3.05, 3.63) is 29.6 Å². The molecule has 1 aromatic heterocycles. The topological polar surface area (TPSA) is 71.7 Å². The zero-order valence-electron chi connectivity index (χ0n) is 17.6. The number of primary amides is 1. The number of nitrogens with two attached hydrogens (primary N) is 1. The Morgan fingerprint density at radius 3 is 2.23 bits per heavy atom. The maximum Gasteiger partial charge on any atom is 0.433 e. The summed E-state index contributed by atoms with van der Waals surface area (Å²) in [5.41, 5.74) is 3.44. The van der Waals surface area contributed by atoms with Crippen LogP contribution in [-0.4, -0.2) is 73.2 Å². The molecule has 0 aromatic carbocycles. The summed E-state index contributed by atoms with van der Waals surface area (Å²) in [5.74, 6) is 0.507. The first kappa shape index (κ1) is 23.0. The molecule has 2 aliphatic rings. The van der Waals surface area contributed by atoms with Crippen LogP contribution in [0.15, 0.2) is 18.2 Å². The summed E-state index contributed by atoms with van der Waals surface area (Å²) in [6.07, 6.45) is -4.22. The Morgan fingerprint density at radius 1 is 1.13 bits per heavy atom. The zero-order chi connectivity index (χ0) is 21.9. The first-order chi connectivity index (χ1) is 14.1. The van der Waals surface area contributed by atoms with Gasteiger partial charge < -0.3 is 20.3 Å². The van der Waals surface area contributed by atoms with E-state index in [1.807, 2.05) is 6.92 Å². The van der Waals surface area contributed by atoms with Crippen LogP contribution in [0.4, 0.5) is 13.2 Å². The van der Waals surface area contributed by atoms with Gasteiger partial charge in [-0.3, -0.25) is 4.79 Å². The fraction of sp³-hybridized carbons (Fsp3) is 0.714. The van der Waals surface area contributed by atoms with E-state index >= 15 is 0 Å². The molecule has 3 unspecified atom stereocenters. The monoisotopic (exact) mass is 428 g/mol. The third-order valence-corrected chi connectivity index (χ3v) is 6.47. The molecule has 3 heterocycles. The summed E-state index contributed by atoms with van der Waals surface area (Å²) >= 11 is 0. The van der Waals surface area contributed by atoms with Crippen molar-refractivity contribution in [2.24, 2.45) is 17.6 Å². The molecule has 3 rings (SSSR count).